The van der Waals surface area contributed by atoms with Gasteiger partial charge in [0.05, 0.1) is 6.10 Å². The first-order chi connectivity index (χ1) is 14.5. The van der Waals surface area contributed by atoms with Gasteiger partial charge in [0.1, 0.15) is 0 Å². The summed E-state index contributed by atoms with van der Waals surface area (Å²) in [7, 11) is -2.23. The Morgan fingerprint density at radius 2 is 1.61 bits per heavy atom. The van der Waals surface area contributed by atoms with E-state index in [9.17, 15) is 9.90 Å². The summed E-state index contributed by atoms with van der Waals surface area (Å²) < 4.78 is 0. The van der Waals surface area contributed by atoms with Crippen molar-refractivity contribution in [2.45, 2.75) is 69.2 Å². The highest BCUT2D eigenvalue weighted by atomic mass is 35.5. The van der Waals surface area contributed by atoms with E-state index in [1.54, 1.807) is 0 Å². The number of hydrogen-bond acceptors (Lipinski definition) is 3. The molecule has 0 aliphatic carbocycles. The number of nitrogens with zero attached hydrogens (tertiary/aromatic N) is 1. The SMILES string of the molecule is CC(C)(CCC1(c2ccccc2)CCN(CC(O)c2ccc(Cl)cc2)CC1)[Si](C)(C)O. The molecular weight excluding hydrogens is 422 g/mol. The van der Waals surface area contributed by atoms with E-state index < -0.39 is 14.4 Å². The molecule has 0 bridgehead atoms. The molecule has 0 saturated carbocycles. The van der Waals surface area contributed by atoms with E-state index in [0.717, 1.165) is 44.3 Å². The molecule has 3 nitrogen and oxygen atoms in total. The molecule has 2 aromatic rings. The van der Waals surface area contributed by atoms with E-state index in [0.29, 0.717) is 11.6 Å². The second kappa shape index (κ2) is 9.76. The Morgan fingerprint density at radius 1 is 1.03 bits per heavy atom. The summed E-state index contributed by atoms with van der Waals surface area (Å²) in [4.78, 5) is 13.2. The van der Waals surface area contributed by atoms with E-state index in [1.165, 1.54) is 5.56 Å². The maximum absolute atomic E-state index is 10.8. The van der Waals surface area contributed by atoms with Crippen LogP contribution in [0.25, 0.3) is 0 Å². The first kappa shape index (κ1) is 24.5. The molecule has 2 N–H and O–H groups in total. The minimum atomic E-state index is -2.23. The van der Waals surface area contributed by atoms with Crippen LogP contribution in [0.2, 0.25) is 23.2 Å². The largest absolute Gasteiger partial charge is 0.432 e. The zero-order valence-corrected chi connectivity index (χ0v) is 21.2. The van der Waals surface area contributed by atoms with Gasteiger partial charge in [-0.05, 0) is 85.6 Å². The highest BCUT2D eigenvalue weighted by molar-refractivity contribution is 6.72. The number of piperidine rings is 1. The van der Waals surface area contributed by atoms with E-state index >= 15 is 0 Å². The van der Waals surface area contributed by atoms with Crippen LogP contribution in [0.4, 0.5) is 0 Å². The van der Waals surface area contributed by atoms with Crippen molar-refractivity contribution in [1.82, 2.24) is 4.90 Å². The molecule has 2 aromatic carbocycles. The topological polar surface area (TPSA) is 43.7 Å². The average Bonchev–Trinajstić information content (AvgIpc) is 2.74. The van der Waals surface area contributed by atoms with Crippen LogP contribution < -0.4 is 0 Å². The Labute approximate surface area is 194 Å². The lowest BCUT2D eigenvalue weighted by Crippen LogP contribution is -2.45. The number of aliphatic hydroxyl groups excluding tert-OH is 1. The fraction of sp³-hybridized carbons (Fsp3) is 0.538. The Bertz CT molecular complexity index is 825. The second-order valence-corrected chi connectivity index (χ2v) is 15.4. The molecule has 5 heteroatoms. The summed E-state index contributed by atoms with van der Waals surface area (Å²) in [6, 6.07) is 18.4. The summed E-state index contributed by atoms with van der Waals surface area (Å²) in [6.07, 6.45) is 3.78. The van der Waals surface area contributed by atoms with Crippen LogP contribution in [0, 0.1) is 0 Å². The predicted octanol–water partition coefficient (Wildman–Crippen LogP) is 6.17. The van der Waals surface area contributed by atoms with Gasteiger partial charge in [0, 0.05) is 11.6 Å². The normalized spacial score (nSPS) is 18.7. The van der Waals surface area contributed by atoms with Crippen LogP contribution in [0.5, 0.6) is 0 Å². The molecule has 1 heterocycles. The lowest BCUT2D eigenvalue weighted by Gasteiger charge is -2.45. The van der Waals surface area contributed by atoms with Crippen molar-refractivity contribution >= 4 is 19.9 Å². The zero-order valence-electron chi connectivity index (χ0n) is 19.4. The molecule has 3 rings (SSSR count). The van der Waals surface area contributed by atoms with Crippen LogP contribution in [0.3, 0.4) is 0 Å². The molecule has 1 atom stereocenters. The second-order valence-electron chi connectivity index (χ2n) is 10.5. The Balaban J connectivity index is 1.69. The number of halogens is 1. The van der Waals surface area contributed by atoms with Crippen LogP contribution >= 0.6 is 11.6 Å². The predicted molar refractivity (Wildman–Crippen MR) is 133 cm³/mol. The van der Waals surface area contributed by atoms with Crippen LogP contribution in [0.1, 0.15) is 56.8 Å². The Hall–Kier alpha value is -1.17. The molecule has 170 valence electrons. The average molecular weight is 460 g/mol. The Morgan fingerprint density at radius 3 is 2.16 bits per heavy atom. The molecule has 1 saturated heterocycles. The maximum Gasteiger partial charge on any atom is 0.188 e. The molecule has 0 radical (unpaired) electrons. The van der Waals surface area contributed by atoms with E-state index in [1.807, 2.05) is 24.3 Å². The minimum absolute atomic E-state index is 0.0172. The maximum atomic E-state index is 10.8. The summed E-state index contributed by atoms with van der Waals surface area (Å²) in [6.45, 7) is 11.2. The molecule has 1 unspecified atom stereocenters. The van der Waals surface area contributed by atoms with Gasteiger partial charge in [-0.25, -0.2) is 0 Å². The highest BCUT2D eigenvalue weighted by Crippen LogP contribution is 2.47. The van der Waals surface area contributed by atoms with Crippen molar-refractivity contribution in [1.29, 1.82) is 0 Å². The molecular formula is C26H38ClNO2Si. The number of aliphatic hydroxyl groups is 1. The fourth-order valence-electron chi connectivity index (χ4n) is 4.53. The molecule has 1 aliphatic rings. The van der Waals surface area contributed by atoms with Gasteiger partial charge in [0.2, 0.25) is 0 Å². The fourth-order valence-corrected chi connectivity index (χ4v) is 5.39. The van der Waals surface area contributed by atoms with Gasteiger partial charge in [-0.1, -0.05) is 67.9 Å². The molecule has 1 aliphatic heterocycles. The van der Waals surface area contributed by atoms with Gasteiger partial charge in [0.25, 0.3) is 0 Å². The van der Waals surface area contributed by atoms with Crippen molar-refractivity contribution in [2.75, 3.05) is 19.6 Å². The van der Waals surface area contributed by atoms with Crippen molar-refractivity contribution in [3.05, 3.63) is 70.7 Å². The van der Waals surface area contributed by atoms with Gasteiger partial charge in [0.15, 0.2) is 8.32 Å². The van der Waals surface area contributed by atoms with Crippen LogP contribution in [-0.2, 0) is 5.41 Å². The van der Waals surface area contributed by atoms with E-state index in [4.69, 9.17) is 11.6 Å². The van der Waals surface area contributed by atoms with Crippen molar-refractivity contribution in [2.24, 2.45) is 0 Å². The van der Waals surface area contributed by atoms with E-state index in [-0.39, 0.29) is 10.5 Å². The number of rotatable bonds is 8. The van der Waals surface area contributed by atoms with E-state index in [2.05, 4.69) is 62.2 Å². The molecule has 0 aromatic heterocycles. The molecule has 0 amide bonds. The summed E-state index contributed by atoms with van der Waals surface area (Å²) in [5.41, 5.74) is 2.47. The zero-order chi connectivity index (χ0) is 22.7. The number of benzene rings is 2. The van der Waals surface area contributed by atoms with Gasteiger partial charge in [-0.3, -0.25) is 0 Å². The van der Waals surface area contributed by atoms with Crippen LogP contribution in [0.15, 0.2) is 54.6 Å². The van der Waals surface area contributed by atoms with Gasteiger partial charge in [-0.15, -0.1) is 0 Å². The summed E-state index contributed by atoms with van der Waals surface area (Å²) in [5.74, 6) is 0. The number of likely N-dealkylation sites (tertiary alicyclic amines) is 1. The van der Waals surface area contributed by atoms with Gasteiger partial charge in [-0.2, -0.15) is 0 Å². The standard InChI is InChI=1S/C26H38ClNO2Si/c1-25(2,31(3,4)30)14-15-26(22-8-6-5-7-9-22)16-18-28(19-17-26)20-24(29)21-10-12-23(27)13-11-21/h5-13,24,29-30H,14-20H2,1-4H3. The van der Waals surface area contributed by atoms with Crippen molar-refractivity contribution < 1.29 is 9.90 Å². The molecule has 31 heavy (non-hydrogen) atoms. The lowest BCUT2D eigenvalue weighted by molar-refractivity contribution is 0.0774. The third-order valence-corrected chi connectivity index (χ3v) is 11.6. The number of β-amino-alcohol motifs (C(OH)–C–C–N with tert-alkyl or cyclic N) is 1. The third-order valence-electron chi connectivity index (χ3n) is 7.77. The Kier molecular flexibility index (Phi) is 7.70. The van der Waals surface area contributed by atoms with Crippen molar-refractivity contribution in [3.63, 3.8) is 0 Å². The molecule has 0 spiro atoms. The smallest absolute Gasteiger partial charge is 0.188 e. The van der Waals surface area contributed by atoms with Gasteiger partial charge < -0.3 is 14.8 Å². The summed E-state index contributed by atoms with van der Waals surface area (Å²) in [5, 5.41) is 11.4. The van der Waals surface area contributed by atoms with Crippen molar-refractivity contribution in [3.8, 4) is 0 Å². The number of hydrogen-bond donors (Lipinski definition) is 2. The summed E-state index contributed by atoms with van der Waals surface area (Å²) >= 11 is 5.98. The van der Waals surface area contributed by atoms with Crippen LogP contribution in [-0.4, -0.2) is 42.8 Å². The third kappa shape index (κ3) is 5.99. The molecule has 1 fully saturated rings. The minimum Gasteiger partial charge on any atom is -0.432 e. The monoisotopic (exact) mass is 459 g/mol. The highest BCUT2D eigenvalue weighted by Gasteiger charge is 2.42. The first-order valence-corrected chi connectivity index (χ1v) is 14.8. The quantitative estimate of drug-likeness (QED) is 0.464. The lowest BCUT2D eigenvalue weighted by atomic mass is 9.69. The van der Waals surface area contributed by atoms with Gasteiger partial charge >= 0.3 is 0 Å². The first-order valence-electron chi connectivity index (χ1n) is 11.5.